The van der Waals surface area contributed by atoms with Gasteiger partial charge in [-0.15, -0.1) is 0 Å². The lowest BCUT2D eigenvalue weighted by Crippen LogP contribution is -2.33. The Hall–Kier alpha value is -2.35. The molecule has 164 valence electrons. The van der Waals surface area contributed by atoms with E-state index in [0.29, 0.717) is 0 Å². The number of nitrogens with one attached hydrogen (secondary N) is 1. The van der Waals surface area contributed by atoms with Crippen molar-refractivity contribution in [2.75, 3.05) is 13.1 Å². The second-order valence-corrected chi connectivity index (χ2v) is 8.42. The van der Waals surface area contributed by atoms with Gasteiger partial charge in [-0.2, -0.15) is 18.3 Å². The van der Waals surface area contributed by atoms with Crippen LogP contribution in [0.5, 0.6) is 0 Å². The van der Waals surface area contributed by atoms with Gasteiger partial charge in [-0.1, -0.05) is 31.2 Å². The van der Waals surface area contributed by atoms with E-state index in [1.54, 1.807) is 13.8 Å². The van der Waals surface area contributed by atoms with E-state index in [-0.39, 0.29) is 6.54 Å². The summed E-state index contributed by atoms with van der Waals surface area (Å²) in [4.78, 5) is 14.9. The summed E-state index contributed by atoms with van der Waals surface area (Å²) in [6, 6.07) is 7.34. The largest absolute Gasteiger partial charge is 0.433 e. The molecule has 8 heteroatoms. The zero-order valence-corrected chi connectivity index (χ0v) is 17.7. The van der Waals surface area contributed by atoms with Crippen molar-refractivity contribution in [2.45, 2.75) is 58.9 Å². The minimum Gasteiger partial charge on any atom is -0.348 e. The minimum absolute atomic E-state index is 0.157. The molecule has 1 N–H and O–H groups in total. The van der Waals surface area contributed by atoms with Crippen LogP contribution in [0.1, 0.15) is 66.8 Å². The maximum absolute atomic E-state index is 13.4. The summed E-state index contributed by atoms with van der Waals surface area (Å²) < 4.78 is 41.2. The third-order valence-corrected chi connectivity index (χ3v) is 5.42. The van der Waals surface area contributed by atoms with Crippen LogP contribution in [0.3, 0.4) is 0 Å². The molecular weight excluding hydrogens is 393 g/mol. The number of aromatic nitrogens is 2. The number of piperidine rings is 1. The first-order valence-corrected chi connectivity index (χ1v) is 10.4. The summed E-state index contributed by atoms with van der Waals surface area (Å²) in [7, 11) is 0. The molecule has 0 aliphatic carbocycles. The van der Waals surface area contributed by atoms with E-state index in [1.165, 1.54) is 18.4 Å². The van der Waals surface area contributed by atoms with Gasteiger partial charge in [0.2, 0.25) is 0 Å². The molecule has 5 nitrogen and oxygen atoms in total. The van der Waals surface area contributed by atoms with Crippen LogP contribution in [0.2, 0.25) is 0 Å². The van der Waals surface area contributed by atoms with E-state index in [2.05, 4.69) is 22.2 Å². The first kappa shape index (κ1) is 22.3. The predicted molar refractivity (Wildman–Crippen MR) is 109 cm³/mol. The number of carbonyl (C=O) groups is 1. The van der Waals surface area contributed by atoms with Crippen LogP contribution >= 0.6 is 0 Å². The molecule has 1 fully saturated rings. The number of halogens is 3. The van der Waals surface area contributed by atoms with Gasteiger partial charge in [0.05, 0.1) is 11.8 Å². The highest BCUT2D eigenvalue weighted by atomic mass is 19.4. The van der Waals surface area contributed by atoms with Gasteiger partial charge in [0.15, 0.2) is 5.69 Å². The first-order chi connectivity index (χ1) is 14.1. The van der Waals surface area contributed by atoms with Crippen LogP contribution in [-0.4, -0.2) is 33.7 Å². The molecule has 0 spiro atoms. The lowest BCUT2D eigenvalue weighted by Gasteiger charge is -2.30. The molecule has 2 heterocycles. The normalized spacial score (nSPS) is 18.0. The Balaban J connectivity index is 1.61. The average Bonchev–Trinajstić information content (AvgIpc) is 3.13. The topological polar surface area (TPSA) is 50.2 Å². The van der Waals surface area contributed by atoms with E-state index in [1.807, 2.05) is 24.3 Å². The van der Waals surface area contributed by atoms with E-state index in [9.17, 15) is 18.0 Å². The van der Waals surface area contributed by atoms with Gasteiger partial charge in [0, 0.05) is 25.7 Å². The van der Waals surface area contributed by atoms with Crippen molar-refractivity contribution in [2.24, 2.45) is 5.92 Å². The molecule has 0 radical (unpaired) electrons. The second-order valence-electron chi connectivity index (χ2n) is 8.42. The van der Waals surface area contributed by atoms with Gasteiger partial charge >= 0.3 is 6.18 Å². The third-order valence-electron chi connectivity index (χ3n) is 5.42. The van der Waals surface area contributed by atoms with E-state index in [0.717, 1.165) is 42.0 Å². The molecule has 1 aliphatic heterocycles. The molecular formula is C22H29F3N4O. The Kier molecular flexibility index (Phi) is 6.85. The molecule has 1 aliphatic rings. The fourth-order valence-electron chi connectivity index (χ4n) is 3.93. The quantitative estimate of drug-likeness (QED) is 0.738. The maximum Gasteiger partial charge on any atom is 0.433 e. The number of hydrogen-bond donors (Lipinski definition) is 1. The SMILES string of the molecule is CC1CCCN(Cc2ccc(CNC(=O)c3cnn(C(C)C)c3C(F)(F)F)cc2)C1. The first-order valence-electron chi connectivity index (χ1n) is 10.4. The lowest BCUT2D eigenvalue weighted by atomic mass is 9.99. The molecule has 0 bridgehead atoms. The fraction of sp³-hybridized carbons (Fsp3) is 0.545. The molecule has 1 unspecified atom stereocenters. The molecule has 1 aromatic heterocycles. The maximum atomic E-state index is 13.4. The number of amides is 1. The zero-order valence-electron chi connectivity index (χ0n) is 17.7. The van der Waals surface area contributed by atoms with Gasteiger partial charge in [0.25, 0.3) is 5.91 Å². The third kappa shape index (κ3) is 5.41. The number of rotatable bonds is 6. The molecule has 1 atom stereocenters. The van der Waals surface area contributed by atoms with Crippen molar-refractivity contribution >= 4 is 5.91 Å². The summed E-state index contributed by atoms with van der Waals surface area (Å²) >= 11 is 0. The average molecular weight is 422 g/mol. The highest BCUT2D eigenvalue weighted by Gasteiger charge is 2.40. The number of likely N-dealkylation sites (tertiary alicyclic amines) is 1. The van der Waals surface area contributed by atoms with Crippen LogP contribution in [0.4, 0.5) is 13.2 Å². The zero-order chi connectivity index (χ0) is 21.9. The summed E-state index contributed by atoms with van der Waals surface area (Å²) in [5.74, 6) is -0.0597. The van der Waals surface area contributed by atoms with Crippen LogP contribution in [0.25, 0.3) is 0 Å². The van der Waals surface area contributed by atoms with E-state index >= 15 is 0 Å². The van der Waals surface area contributed by atoms with Gasteiger partial charge in [-0.25, -0.2) is 0 Å². The molecule has 1 saturated heterocycles. The van der Waals surface area contributed by atoms with Crippen LogP contribution in [0.15, 0.2) is 30.5 Å². The second kappa shape index (κ2) is 9.20. The summed E-state index contributed by atoms with van der Waals surface area (Å²) in [5, 5.41) is 6.35. The van der Waals surface area contributed by atoms with Crippen LogP contribution in [-0.2, 0) is 19.3 Å². The monoisotopic (exact) mass is 422 g/mol. The lowest BCUT2D eigenvalue weighted by molar-refractivity contribution is -0.145. The number of hydrogen-bond acceptors (Lipinski definition) is 3. The van der Waals surface area contributed by atoms with Crippen LogP contribution < -0.4 is 5.32 Å². The van der Waals surface area contributed by atoms with Gasteiger partial charge < -0.3 is 5.32 Å². The Bertz CT molecular complexity index is 858. The van der Waals surface area contributed by atoms with Crippen molar-refractivity contribution in [3.63, 3.8) is 0 Å². The highest BCUT2D eigenvalue weighted by Crippen LogP contribution is 2.33. The van der Waals surface area contributed by atoms with Crippen molar-refractivity contribution in [1.82, 2.24) is 20.0 Å². The van der Waals surface area contributed by atoms with E-state index < -0.39 is 29.4 Å². The summed E-state index contributed by atoms with van der Waals surface area (Å²) in [5.41, 5.74) is 0.564. The van der Waals surface area contributed by atoms with Crippen molar-refractivity contribution in [3.05, 3.63) is 52.8 Å². The number of nitrogens with zero attached hydrogens (tertiary/aromatic N) is 3. The Morgan fingerprint density at radius 2 is 1.90 bits per heavy atom. The van der Waals surface area contributed by atoms with Gasteiger partial charge in [-0.05, 0) is 50.3 Å². The van der Waals surface area contributed by atoms with Crippen molar-refractivity contribution in [3.8, 4) is 0 Å². The highest BCUT2D eigenvalue weighted by molar-refractivity contribution is 5.95. The smallest absolute Gasteiger partial charge is 0.348 e. The summed E-state index contributed by atoms with van der Waals surface area (Å²) in [6.45, 7) is 8.71. The van der Waals surface area contributed by atoms with E-state index in [4.69, 9.17) is 0 Å². The minimum atomic E-state index is -4.65. The van der Waals surface area contributed by atoms with Gasteiger partial charge in [0.1, 0.15) is 0 Å². The molecule has 1 amide bonds. The van der Waals surface area contributed by atoms with Crippen molar-refractivity contribution < 1.29 is 18.0 Å². The Labute approximate surface area is 175 Å². The van der Waals surface area contributed by atoms with Gasteiger partial charge in [-0.3, -0.25) is 14.4 Å². The molecule has 3 rings (SSSR count). The summed E-state index contributed by atoms with van der Waals surface area (Å²) in [6.07, 6.45) is -1.16. The molecule has 1 aromatic carbocycles. The number of carbonyl (C=O) groups excluding carboxylic acids is 1. The number of benzene rings is 1. The Morgan fingerprint density at radius 3 is 2.50 bits per heavy atom. The molecule has 2 aromatic rings. The fourth-order valence-corrected chi connectivity index (χ4v) is 3.93. The molecule has 0 saturated carbocycles. The molecule has 30 heavy (non-hydrogen) atoms. The standard InChI is InChI=1S/C22H29F3N4O/c1-15(2)29-20(22(23,24)25)19(12-27-29)21(30)26-11-17-6-8-18(9-7-17)14-28-10-4-5-16(3)13-28/h6-9,12,15-16H,4-5,10-11,13-14H2,1-3H3,(H,26,30). The van der Waals surface area contributed by atoms with Crippen molar-refractivity contribution in [1.29, 1.82) is 0 Å². The van der Waals surface area contributed by atoms with Crippen LogP contribution in [0, 0.1) is 5.92 Å². The Morgan fingerprint density at radius 1 is 1.23 bits per heavy atom. The predicted octanol–water partition coefficient (Wildman–Crippen LogP) is 4.64. The number of alkyl halides is 3.